The largest absolute Gasteiger partial charge is 0.507 e. The molecular formula is C35H33NO5. The first-order valence-corrected chi connectivity index (χ1v) is 13.5. The highest BCUT2D eigenvalue weighted by Crippen LogP contribution is 2.44. The first kappa shape index (κ1) is 27.7. The number of para-hydroxylation sites is 1. The minimum Gasteiger partial charge on any atom is -0.507 e. The van der Waals surface area contributed by atoms with Crippen LogP contribution in [0.2, 0.25) is 0 Å². The number of aliphatic hydroxyl groups is 1. The van der Waals surface area contributed by atoms with Crippen LogP contribution in [-0.4, -0.2) is 23.9 Å². The smallest absolute Gasteiger partial charge is 0.300 e. The van der Waals surface area contributed by atoms with Crippen LogP contribution in [0.25, 0.3) is 5.76 Å². The predicted molar refractivity (Wildman–Crippen MR) is 161 cm³/mol. The van der Waals surface area contributed by atoms with Crippen molar-refractivity contribution in [3.63, 3.8) is 0 Å². The number of ketones is 1. The Morgan fingerprint density at radius 3 is 2.22 bits per heavy atom. The maximum atomic E-state index is 13.7. The Labute approximate surface area is 240 Å². The van der Waals surface area contributed by atoms with Gasteiger partial charge in [0.2, 0.25) is 0 Å². The summed E-state index contributed by atoms with van der Waals surface area (Å²) in [7, 11) is 1.60. The summed E-state index contributed by atoms with van der Waals surface area (Å²) in [4.78, 5) is 28.8. The second-order valence-corrected chi connectivity index (χ2v) is 11.2. The summed E-state index contributed by atoms with van der Waals surface area (Å²) in [5.74, 6) is 0.175. The molecule has 1 aliphatic heterocycles. The Bertz CT molecular complexity index is 1650. The molecule has 6 nitrogen and oxygen atoms in total. The molecule has 1 amide bonds. The van der Waals surface area contributed by atoms with E-state index in [-0.39, 0.29) is 16.7 Å². The third kappa shape index (κ3) is 5.46. The lowest BCUT2D eigenvalue weighted by Crippen LogP contribution is -2.29. The highest BCUT2D eigenvalue weighted by atomic mass is 16.5. The van der Waals surface area contributed by atoms with E-state index in [0.29, 0.717) is 34.1 Å². The second kappa shape index (κ2) is 11.0. The fraction of sp³-hybridized carbons (Fsp3) is 0.200. The molecule has 0 aromatic heterocycles. The van der Waals surface area contributed by atoms with Crippen LogP contribution in [0.3, 0.4) is 0 Å². The number of hydrogen-bond acceptors (Lipinski definition) is 5. The van der Waals surface area contributed by atoms with Crippen LogP contribution in [0, 0.1) is 6.92 Å². The summed E-state index contributed by atoms with van der Waals surface area (Å²) in [5.41, 5.74) is 3.15. The lowest BCUT2D eigenvalue weighted by molar-refractivity contribution is -0.132. The number of carbonyl (C=O) groups is 2. The summed E-state index contributed by atoms with van der Waals surface area (Å²) in [5, 5.41) is 11.7. The van der Waals surface area contributed by atoms with Gasteiger partial charge in [0.15, 0.2) is 0 Å². The minimum atomic E-state index is -0.878. The van der Waals surface area contributed by atoms with Crippen LogP contribution in [0.15, 0.2) is 103 Å². The molecular weight excluding hydrogens is 514 g/mol. The van der Waals surface area contributed by atoms with Gasteiger partial charge in [0.05, 0.1) is 18.7 Å². The number of aryl methyl sites for hydroxylation is 1. The lowest BCUT2D eigenvalue weighted by atomic mass is 9.84. The average Bonchev–Trinajstić information content (AvgIpc) is 3.22. The molecule has 4 aromatic carbocycles. The van der Waals surface area contributed by atoms with Gasteiger partial charge in [-0.25, -0.2) is 0 Å². The van der Waals surface area contributed by atoms with Crippen molar-refractivity contribution in [2.75, 3.05) is 12.0 Å². The number of hydrogen-bond donors (Lipinski definition) is 1. The van der Waals surface area contributed by atoms with Gasteiger partial charge in [0, 0.05) is 16.8 Å². The molecule has 1 saturated heterocycles. The van der Waals surface area contributed by atoms with E-state index in [4.69, 9.17) is 9.47 Å². The molecule has 1 aliphatic rings. The molecule has 0 aliphatic carbocycles. The number of anilines is 1. The normalized spacial score (nSPS) is 16.6. The van der Waals surface area contributed by atoms with Crippen molar-refractivity contribution in [1.29, 1.82) is 0 Å². The molecule has 0 saturated carbocycles. The molecule has 1 fully saturated rings. The zero-order chi connectivity index (χ0) is 29.3. The summed E-state index contributed by atoms with van der Waals surface area (Å²) in [6.07, 6.45) is 0. The standard InChI is InChI=1S/C35H33NO5/c1-22-11-9-13-25(19-22)36-31(23-12-10-16-27(20-23)41-26-14-7-6-8-15-26)30(33(38)34(36)39)32(37)24-17-18-29(40-5)28(21-24)35(2,3)4/h6-21,31,37H,1-5H3/b32-30+. The van der Waals surface area contributed by atoms with E-state index in [1.54, 1.807) is 31.4 Å². The summed E-state index contributed by atoms with van der Waals surface area (Å²) in [6.45, 7) is 8.06. The van der Waals surface area contributed by atoms with Crippen LogP contribution < -0.4 is 14.4 Å². The van der Waals surface area contributed by atoms with Crippen molar-refractivity contribution in [2.24, 2.45) is 0 Å². The molecule has 6 heteroatoms. The second-order valence-electron chi connectivity index (χ2n) is 11.2. The van der Waals surface area contributed by atoms with Gasteiger partial charge in [-0.1, -0.05) is 63.2 Å². The predicted octanol–water partition coefficient (Wildman–Crippen LogP) is 7.72. The van der Waals surface area contributed by atoms with Crippen molar-refractivity contribution < 1.29 is 24.2 Å². The Kier molecular flexibility index (Phi) is 7.41. The van der Waals surface area contributed by atoms with Crippen LogP contribution in [-0.2, 0) is 15.0 Å². The zero-order valence-electron chi connectivity index (χ0n) is 23.8. The monoisotopic (exact) mass is 547 g/mol. The van der Waals surface area contributed by atoms with E-state index in [9.17, 15) is 14.7 Å². The van der Waals surface area contributed by atoms with Crippen LogP contribution in [0.1, 0.15) is 49.1 Å². The molecule has 0 radical (unpaired) electrons. The van der Waals surface area contributed by atoms with E-state index >= 15 is 0 Å². The quantitative estimate of drug-likeness (QED) is 0.152. The molecule has 5 rings (SSSR count). The number of benzene rings is 4. The minimum absolute atomic E-state index is 0.0124. The molecule has 1 unspecified atom stereocenters. The van der Waals surface area contributed by atoms with Gasteiger partial charge in [-0.15, -0.1) is 0 Å². The van der Waals surface area contributed by atoms with Crippen LogP contribution >= 0.6 is 0 Å². The van der Waals surface area contributed by atoms with E-state index in [2.05, 4.69) is 0 Å². The number of Topliss-reactive ketones (excluding diaryl/α,β-unsaturated/α-hetero) is 1. The van der Waals surface area contributed by atoms with Crippen molar-refractivity contribution in [1.82, 2.24) is 0 Å². The first-order chi connectivity index (χ1) is 19.6. The third-order valence-electron chi connectivity index (χ3n) is 7.16. The molecule has 1 N–H and O–H groups in total. The van der Waals surface area contributed by atoms with Gasteiger partial charge in [-0.3, -0.25) is 14.5 Å². The molecule has 0 spiro atoms. The fourth-order valence-corrected chi connectivity index (χ4v) is 5.16. The average molecular weight is 548 g/mol. The number of aliphatic hydroxyl groups excluding tert-OH is 1. The van der Waals surface area contributed by atoms with Gasteiger partial charge in [-0.05, 0) is 78.1 Å². The number of amides is 1. The Morgan fingerprint density at radius 1 is 0.829 bits per heavy atom. The van der Waals surface area contributed by atoms with Crippen molar-refractivity contribution >= 4 is 23.1 Å². The Morgan fingerprint density at radius 2 is 1.54 bits per heavy atom. The molecule has 208 valence electrons. The van der Waals surface area contributed by atoms with Gasteiger partial charge in [0.1, 0.15) is 23.0 Å². The zero-order valence-corrected chi connectivity index (χ0v) is 23.8. The highest BCUT2D eigenvalue weighted by molar-refractivity contribution is 6.51. The third-order valence-corrected chi connectivity index (χ3v) is 7.16. The van der Waals surface area contributed by atoms with Gasteiger partial charge < -0.3 is 14.6 Å². The Hall–Kier alpha value is -4.84. The first-order valence-electron chi connectivity index (χ1n) is 13.5. The fourth-order valence-electron chi connectivity index (χ4n) is 5.16. The van der Waals surface area contributed by atoms with E-state index in [1.807, 2.05) is 100 Å². The number of rotatable bonds is 6. The van der Waals surface area contributed by atoms with Gasteiger partial charge >= 0.3 is 0 Å². The van der Waals surface area contributed by atoms with E-state index in [0.717, 1.165) is 11.1 Å². The van der Waals surface area contributed by atoms with Crippen molar-refractivity contribution in [3.05, 3.63) is 125 Å². The Balaban J connectivity index is 1.70. The van der Waals surface area contributed by atoms with Crippen LogP contribution in [0.5, 0.6) is 17.2 Å². The van der Waals surface area contributed by atoms with Gasteiger partial charge in [0.25, 0.3) is 11.7 Å². The number of nitrogens with zero attached hydrogens (tertiary/aromatic N) is 1. The topological polar surface area (TPSA) is 76.1 Å². The molecule has 0 bridgehead atoms. The molecule has 1 atom stereocenters. The maximum Gasteiger partial charge on any atom is 0.300 e. The number of ether oxygens (including phenoxy) is 2. The number of methoxy groups -OCH3 is 1. The maximum absolute atomic E-state index is 13.7. The van der Waals surface area contributed by atoms with Crippen molar-refractivity contribution in [2.45, 2.75) is 39.2 Å². The van der Waals surface area contributed by atoms with Crippen molar-refractivity contribution in [3.8, 4) is 17.2 Å². The molecule has 4 aromatic rings. The van der Waals surface area contributed by atoms with E-state index in [1.165, 1.54) is 4.90 Å². The molecule has 41 heavy (non-hydrogen) atoms. The highest BCUT2D eigenvalue weighted by Gasteiger charge is 2.47. The SMILES string of the molecule is COc1ccc(/C(O)=C2\C(=O)C(=O)N(c3cccc(C)c3)C2c2cccc(Oc3ccccc3)c2)cc1C(C)(C)C. The van der Waals surface area contributed by atoms with Gasteiger partial charge in [-0.2, -0.15) is 0 Å². The van der Waals surface area contributed by atoms with E-state index < -0.39 is 17.7 Å². The number of carbonyl (C=O) groups excluding carboxylic acids is 2. The van der Waals surface area contributed by atoms with Crippen LogP contribution in [0.4, 0.5) is 5.69 Å². The molecule has 1 heterocycles. The lowest BCUT2D eigenvalue weighted by Gasteiger charge is -2.26. The summed E-state index contributed by atoms with van der Waals surface area (Å²) in [6, 6.07) is 28.5. The summed E-state index contributed by atoms with van der Waals surface area (Å²) < 4.78 is 11.6. The summed E-state index contributed by atoms with van der Waals surface area (Å²) >= 11 is 0.